The van der Waals surface area contributed by atoms with E-state index in [1.807, 2.05) is 0 Å². The summed E-state index contributed by atoms with van der Waals surface area (Å²) in [6.07, 6.45) is 2.57. The molecule has 0 saturated heterocycles. The molecule has 0 amide bonds. The predicted octanol–water partition coefficient (Wildman–Crippen LogP) is 2.25. The van der Waals surface area contributed by atoms with Gasteiger partial charge in [0.2, 0.25) is 0 Å². The van der Waals surface area contributed by atoms with E-state index in [2.05, 4.69) is 0 Å². The van der Waals surface area contributed by atoms with Crippen LogP contribution in [0.2, 0.25) is 0 Å². The lowest BCUT2D eigenvalue weighted by Crippen LogP contribution is -2.04. The van der Waals surface area contributed by atoms with E-state index in [0.29, 0.717) is 13.0 Å². The third-order valence-corrected chi connectivity index (χ3v) is 4.16. The molecule has 0 aliphatic rings. The third-order valence-electron chi connectivity index (χ3n) is 2.27. The molecule has 0 unspecified atom stereocenters. The van der Waals surface area contributed by atoms with Crippen LogP contribution in [0.25, 0.3) is 0 Å². The molecular formula is C10H21O5P. The Morgan fingerprint density at radius 1 is 1.06 bits per heavy atom. The van der Waals surface area contributed by atoms with Gasteiger partial charge >= 0.3 is 7.60 Å². The van der Waals surface area contributed by atoms with Crippen molar-refractivity contribution in [3.63, 3.8) is 0 Å². The van der Waals surface area contributed by atoms with Crippen LogP contribution in [0.15, 0.2) is 0 Å². The number of hydrogen-bond donors (Lipinski definition) is 0. The molecule has 0 aliphatic carbocycles. The summed E-state index contributed by atoms with van der Waals surface area (Å²) in [6, 6.07) is 0. The standard InChI is InChI=1S/C10H21O5P/c1-13-8-5-4-6-10(11)7-9-16(12,14-2)15-3/h4-9H2,1-3H3. The second kappa shape index (κ2) is 8.88. The average molecular weight is 252 g/mol. The van der Waals surface area contributed by atoms with E-state index >= 15 is 0 Å². The monoisotopic (exact) mass is 252 g/mol. The minimum absolute atomic E-state index is 0.0884. The molecule has 0 radical (unpaired) electrons. The van der Waals surface area contributed by atoms with Crippen molar-refractivity contribution >= 4 is 13.4 Å². The molecule has 0 N–H and O–H groups in total. The Balaban J connectivity index is 3.68. The molecule has 96 valence electrons. The zero-order chi connectivity index (χ0) is 12.4. The molecule has 0 bridgehead atoms. The summed E-state index contributed by atoms with van der Waals surface area (Å²) in [5.41, 5.74) is 0. The van der Waals surface area contributed by atoms with Gasteiger partial charge in [0.1, 0.15) is 5.78 Å². The number of rotatable bonds is 10. The Kier molecular flexibility index (Phi) is 8.76. The zero-order valence-electron chi connectivity index (χ0n) is 10.2. The lowest BCUT2D eigenvalue weighted by atomic mass is 10.1. The van der Waals surface area contributed by atoms with Crippen LogP contribution in [0.5, 0.6) is 0 Å². The second-order valence-electron chi connectivity index (χ2n) is 3.44. The van der Waals surface area contributed by atoms with Crippen LogP contribution in [0, 0.1) is 0 Å². The fourth-order valence-corrected chi connectivity index (χ4v) is 2.25. The van der Waals surface area contributed by atoms with Gasteiger partial charge in [0.05, 0.1) is 6.16 Å². The molecular weight excluding hydrogens is 231 g/mol. The van der Waals surface area contributed by atoms with Crippen LogP contribution in [-0.4, -0.2) is 39.9 Å². The Hall–Kier alpha value is -0.220. The molecule has 0 aromatic heterocycles. The highest BCUT2D eigenvalue weighted by molar-refractivity contribution is 7.53. The summed E-state index contributed by atoms with van der Waals surface area (Å²) in [6.45, 7) is 0.669. The number of carbonyl (C=O) groups is 1. The van der Waals surface area contributed by atoms with Gasteiger partial charge in [-0.2, -0.15) is 0 Å². The molecule has 5 nitrogen and oxygen atoms in total. The number of hydrogen-bond acceptors (Lipinski definition) is 5. The van der Waals surface area contributed by atoms with Crippen molar-refractivity contribution in [2.75, 3.05) is 34.1 Å². The predicted molar refractivity (Wildman–Crippen MR) is 61.8 cm³/mol. The molecule has 0 aliphatic heterocycles. The Morgan fingerprint density at radius 3 is 2.19 bits per heavy atom. The van der Waals surface area contributed by atoms with Crippen LogP contribution in [-0.2, 0) is 23.1 Å². The SMILES string of the molecule is COCCCCC(=O)CCP(=O)(OC)OC. The minimum atomic E-state index is -3.03. The van der Waals surface area contributed by atoms with Crippen LogP contribution in [0.4, 0.5) is 0 Å². The number of unbranched alkanes of at least 4 members (excludes halogenated alkanes) is 1. The van der Waals surface area contributed by atoms with Crippen LogP contribution < -0.4 is 0 Å². The van der Waals surface area contributed by atoms with Crippen molar-refractivity contribution in [3.8, 4) is 0 Å². The first-order chi connectivity index (χ1) is 7.58. The van der Waals surface area contributed by atoms with Gasteiger partial charge in [-0.3, -0.25) is 9.36 Å². The van der Waals surface area contributed by atoms with E-state index in [4.69, 9.17) is 13.8 Å². The topological polar surface area (TPSA) is 61.8 Å². The largest absolute Gasteiger partial charge is 0.385 e. The molecule has 0 aromatic carbocycles. The highest BCUT2D eigenvalue weighted by atomic mass is 31.2. The van der Waals surface area contributed by atoms with Gasteiger partial charge in [-0.25, -0.2) is 0 Å². The van der Waals surface area contributed by atoms with Gasteiger partial charge in [-0.15, -0.1) is 0 Å². The zero-order valence-corrected chi connectivity index (χ0v) is 11.1. The maximum atomic E-state index is 11.6. The molecule has 0 aromatic rings. The maximum absolute atomic E-state index is 11.6. The molecule has 0 heterocycles. The normalized spacial score (nSPS) is 11.7. The lowest BCUT2D eigenvalue weighted by Gasteiger charge is -2.12. The highest BCUT2D eigenvalue weighted by Crippen LogP contribution is 2.46. The van der Waals surface area contributed by atoms with Crippen molar-refractivity contribution < 1.29 is 23.1 Å². The van der Waals surface area contributed by atoms with Crippen LogP contribution in [0.3, 0.4) is 0 Å². The molecule has 0 saturated carbocycles. The van der Waals surface area contributed by atoms with Gasteiger partial charge in [-0.05, 0) is 12.8 Å². The minimum Gasteiger partial charge on any atom is -0.385 e. The maximum Gasteiger partial charge on any atom is 0.330 e. The molecule has 0 fully saturated rings. The first kappa shape index (κ1) is 15.8. The average Bonchev–Trinajstić information content (AvgIpc) is 2.31. The van der Waals surface area contributed by atoms with E-state index in [-0.39, 0.29) is 18.4 Å². The molecule has 6 heteroatoms. The highest BCUT2D eigenvalue weighted by Gasteiger charge is 2.21. The molecule has 0 spiro atoms. The lowest BCUT2D eigenvalue weighted by molar-refractivity contribution is -0.118. The van der Waals surface area contributed by atoms with Gasteiger partial charge in [-0.1, -0.05) is 0 Å². The smallest absolute Gasteiger partial charge is 0.330 e. The van der Waals surface area contributed by atoms with Crippen molar-refractivity contribution in [1.29, 1.82) is 0 Å². The fraction of sp³-hybridized carbons (Fsp3) is 0.900. The Bertz CT molecular complexity index is 233. The fourth-order valence-electron chi connectivity index (χ4n) is 1.21. The van der Waals surface area contributed by atoms with Crippen LogP contribution in [0.1, 0.15) is 25.7 Å². The summed E-state index contributed by atoms with van der Waals surface area (Å²) in [5, 5.41) is 0. The number of Topliss-reactive ketones (excluding diaryl/α,β-unsaturated/α-hetero) is 1. The summed E-state index contributed by atoms with van der Waals surface area (Å²) >= 11 is 0. The van der Waals surface area contributed by atoms with Crippen LogP contribution >= 0.6 is 7.60 Å². The van der Waals surface area contributed by atoms with Crippen molar-refractivity contribution in [2.45, 2.75) is 25.7 Å². The van der Waals surface area contributed by atoms with E-state index in [1.165, 1.54) is 14.2 Å². The van der Waals surface area contributed by atoms with E-state index < -0.39 is 7.60 Å². The summed E-state index contributed by atoms with van der Waals surface area (Å²) in [4.78, 5) is 11.4. The number of ether oxygens (including phenoxy) is 1. The molecule has 0 atom stereocenters. The van der Waals surface area contributed by atoms with Crippen molar-refractivity contribution in [2.24, 2.45) is 0 Å². The first-order valence-corrected chi connectivity index (χ1v) is 7.02. The molecule has 0 rings (SSSR count). The summed E-state index contributed by atoms with van der Waals surface area (Å²) < 4.78 is 26.0. The van der Waals surface area contributed by atoms with Gasteiger partial charge < -0.3 is 13.8 Å². The number of methoxy groups -OCH3 is 1. The third kappa shape index (κ3) is 7.12. The second-order valence-corrected chi connectivity index (χ2v) is 5.84. The van der Waals surface area contributed by atoms with Gasteiger partial charge in [0.25, 0.3) is 0 Å². The van der Waals surface area contributed by atoms with E-state index in [0.717, 1.165) is 12.8 Å². The van der Waals surface area contributed by atoms with Crippen molar-refractivity contribution in [1.82, 2.24) is 0 Å². The van der Waals surface area contributed by atoms with Gasteiger partial charge in [0, 0.05) is 40.8 Å². The Labute approximate surface area is 97.0 Å². The summed E-state index contributed by atoms with van der Waals surface area (Å²) in [7, 11) is 1.26. The summed E-state index contributed by atoms with van der Waals surface area (Å²) in [5.74, 6) is 0.0884. The Morgan fingerprint density at radius 2 is 1.69 bits per heavy atom. The van der Waals surface area contributed by atoms with E-state index in [1.54, 1.807) is 7.11 Å². The number of carbonyl (C=O) groups excluding carboxylic acids is 1. The van der Waals surface area contributed by atoms with Crippen molar-refractivity contribution in [3.05, 3.63) is 0 Å². The number of ketones is 1. The quantitative estimate of drug-likeness (QED) is 0.441. The van der Waals surface area contributed by atoms with Gasteiger partial charge in [0.15, 0.2) is 0 Å². The van der Waals surface area contributed by atoms with E-state index in [9.17, 15) is 9.36 Å². The first-order valence-electron chi connectivity index (χ1n) is 5.29. The molecule has 16 heavy (non-hydrogen) atoms.